The number of nitrogens with one attached hydrogen (secondary N) is 2. The highest BCUT2D eigenvalue weighted by Crippen LogP contribution is 2.30. The summed E-state index contributed by atoms with van der Waals surface area (Å²) in [7, 11) is 0. The quantitative estimate of drug-likeness (QED) is 0.572. The Kier molecular flexibility index (Phi) is 6.78. The van der Waals surface area contributed by atoms with Crippen LogP contribution in [0.3, 0.4) is 0 Å². The number of carbonyl (C=O) groups is 1. The molecule has 0 saturated heterocycles. The van der Waals surface area contributed by atoms with E-state index in [0.29, 0.717) is 29.5 Å². The molecule has 25 heavy (non-hydrogen) atoms. The maximum absolute atomic E-state index is 12.5. The lowest BCUT2D eigenvalue weighted by Gasteiger charge is -2.31. The van der Waals surface area contributed by atoms with Crippen molar-refractivity contribution in [3.05, 3.63) is 41.1 Å². The Bertz CT molecular complexity index is 707. The molecule has 2 rings (SSSR count). The Morgan fingerprint density at radius 1 is 1.32 bits per heavy atom. The van der Waals surface area contributed by atoms with Gasteiger partial charge in [0, 0.05) is 5.70 Å². The van der Waals surface area contributed by atoms with Crippen molar-refractivity contribution in [1.82, 2.24) is 10.6 Å². The first kappa shape index (κ1) is 18.7. The van der Waals surface area contributed by atoms with Gasteiger partial charge in [-0.1, -0.05) is 25.5 Å². The van der Waals surface area contributed by atoms with Crippen molar-refractivity contribution < 1.29 is 14.3 Å². The molecule has 0 spiro atoms. The monoisotopic (exact) mass is 359 g/mol. The van der Waals surface area contributed by atoms with E-state index in [2.05, 4.69) is 10.6 Å². The highest BCUT2D eigenvalue weighted by molar-refractivity contribution is 7.80. The zero-order valence-electron chi connectivity index (χ0n) is 14.3. The summed E-state index contributed by atoms with van der Waals surface area (Å²) in [5.74, 6) is 0.237. The highest BCUT2D eigenvalue weighted by atomic mass is 32.1. The fourth-order valence-corrected chi connectivity index (χ4v) is 2.88. The maximum Gasteiger partial charge on any atom is 0.338 e. The van der Waals surface area contributed by atoms with E-state index < -0.39 is 0 Å². The molecule has 132 valence electrons. The average Bonchev–Trinajstić information content (AvgIpc) is 2.60. The van der Waals surface area contributed by atoms with E-state index in [0.717, 1.165) is 17.7 Å². The number of carbonyl (C=O) groups excluding carboxylic acids is 1. The molecule has 1 aromatic rings. The van der Waals surface area contributed by atoms with Crippen LogP contribution in [-0.4, -0.2) is 24.3 Å². The van der Waals surface area contributed by atoms with Crippen LogP contribution >= 0.6 is 12.2 Å². The second-order valence-electron chi connectivity index (χ2n) is 5.41. The summed E-state index contributed by atoms with van der Waals surface area (Å²) in [6, 6.07) is 8.77. The number of ether oxygens (including phenoxy) is 2. The molecule has 2 N–H and O–H groups in total. The van der Waals surface area contributed by atoms with Crippen molar-refractivity contribution in [2.75, 3.05) is 13.2 Å². The van der Waals surface area contributed by atoms with Crippen LogP contribution in [0, 0.1) is 11.3 Å². The van der Waals surface area contributed by atoms with Gasteiger partial charge in [-0.25, -0.2) is 4.79 Å². The molecule has 0 radical (unpaired) electrons. The normalized spacial score (nSPS) is 16.5. The van der Waals surface area contributed by atoms with Crippen LogP contribution < -0.4 is 15.4 Å². The van der Waals surface area contributed by atoms with Gasteiger partial charge in [-0.05, 0) is 43.3 Å². The molecular weight excluding hydrogens is 338 g/mol. The van der Waals surface area contributed by atoms with Crippen molar-refractivity contribution in [2.45, 2.75) is 32.7 Å². The van der Waals surface area contributed by atoms with Crippen LogP contribution in [0.2, 0.25) is 0 Å². The third-order valence-electron chi connectivity index (χ3n) is 3.67. The number of thiocarbonyl (C=S) groups is 1. The van der Waals surface area contributed by atoms with Crippen LogP contribution in [0.25, 0.3) is 0 Å². The Balaban J connectivity index is 2.37. The lowest BCUT2D eigenvalue weighted by atomic mass is 9.94. The molecule has 0 saturated carbocycles. The van der Waals surface area contributed by atoms with Crippen molar-refractivity contribution in [3.63, 3.8) is 0 Å². The van der Waals surface area contributed by atoms with Gasteiger partial charge in [0.2, 0.25) is 0 Å². The smallest absolute Gasteiger partial charge is 0.338 e. The van der Waals surface area contributed by atoms with E-state index in [1.54, 1.807) is 19.1 Å². The van der Waals surface area contributed by atoms with E-state index in [1.807, 2.05) is 25.1 Å². The van der Waals surface area contributed by atoms with Crippen LogP contribution in [-0.2, 0) is 9.53 Å². The number of benzene rings is 1. The largest absolute Gasteiger partial charge is 0.479 e. The molecule has 1 aliphatic heterocycles. The first-order chi connectivity index (χ1) is 12.1. The Hall–Kier alpha value is -2.59. The fourth-order valence-electron chi connectivity index (χ4n) is 2.64. The summed E-state index contributed by atoms with van der Waals surface area (Å²) in [5, 5.41) is 15.3. The molecule has 1 atom stereocenters. The fraction of sp³-hybridized carbons (Fsp3) is 0.389. The molecule has 0 amide bonds. The van der Waals surface area contributed by atoms with Gasteiger partial charge in [-0.15, -0.1) is 0 Å². The topological polar surface area (TPSA) is 83.4 Å². The summed E-state index contributed by atoms with van der Waals surface area (Å²) in [4.78, 5) is 12.5. The van der Waals surface area contributed by atoms with E-state index in [4.69, 9.17) is 27.0 Å². The molecule has 6 nitrogen and oxygen atoms in total. The number of esters is 1. The Labute approximate surface area is 152 Å². The number of allylic oxidation sites excluding steroid dienone is 1. The van der Waals surface area contributed by atoms with Gasteiger partial charge in [-0.2, -0.15) is 5.26 Å². The standard InChI is InChI=1S/C18H21N3O3S/c1-3-5-14-15(17(22)23-4-2)16(21-18(25)20-14)12-6-8-13(9-7-12)24-11-10-19/h6-9,16H,3-5,11H2,1-2H3,(H2,20,21,25)/t16-/m0/s1. The molecule has 0 unspecified atom stereocenters. The molecule has 1 heterocycles. The second kappa shape index (κ2) is 9.04. The SMILES string of the molecule is CCCC1=C(C(=O)OCC)[C@H](c2ccc(OCC#N)cc2)NC(=S)N1. The van der Waals surface area contributed by atoms with Gasteiger partial charge in [0.05, 0.1) is 18.2 Å². The molecule has 0 aromatic heterocycles. The molecule has 0 bridgehead atoms. The van der Waals surface area contributed by atoms with Gasteiger partial charge in [-0.3, -0.25) is 0 Å². The minimum absolute atomic E-state index is 0.0103. The van der Waals surface area contributed by atoms with E-state index in [-0.39, 0.29) is 18.6 Å². The average molecular weight is 359 g/mol. The number of hydrogen-bond acceptors (Lipinski definition) is 5. The van der Waals surface area contributed by atoms with Crippen molar-refractivity contribution in [1.29, 1.82) is 5.26 Å². The lowest BCUT2D eigenvalue weighted by Crippen LogP contribution is -2.45. The molecule has 7 heteroatoms. The lowest BCUT2D eigenvalue weighted by molar-refractivity contribution is -0.139. The summed E-state index contributed by atoms with van der Waals surface area (Å²) >= 11 is 5.29. The first-order valence-corrected chi connectivity index (χ1v) is 8.58. The zero-order valence-corrected chi connectivity index (χ0v) is 15.1. The highest BCUT2D eigenvalue weighted by Gasteiger charge is 2.31. The molecule has 1 aromatic carbocycles. The maximum atomic E-state index is 12.5. The van der Waals surface area contributed by atoms with Crippen molar-refractivity contribution in [2.24, 2.45) is 0 Å². The van der Waals surface area contributed by atoms with E-state index in [9.17, 15) is 4.79 Å². The number of nitriles is 1. The predicted molar refractivity (Wildman–Crippen MR) is 97.7 cm³/mol. The van der Waals surface area contributed by atoms with Gasteiger partial charge < -0.3 is 20.1 Å². The second-order valence-corrected chi connectivity index (χ2v) is 5.82. The summed E-state index contributed by atoms with van der Waals surface area (Å²) in [5.41, 5.74) is 2.20. The summed E-state index contributed by atoms with van der Waals surface area (Å²) in [6.07, 6.45) is 1.58. The van der Waals surface area contributed by atoms with Crippen molar-refractivity contribution >= 4 is 23.3 Å². The third kappa shape index (κ3) is 4.70. The Morgan fingerprint density at radius 3 is 2.64 bits per heavy atom. The van der Waals surface area contributed by atoms with Crippen LogP contribution in [0.5, 0.6) is 5.75 Å². The van der Waals surface area contributed by atoms with Crippen molar-refractivity contribution in [3.8, 4) is 11.8 Å². The number of nitrogens with zero attached hydrogens (tertiary/aromatic N) is 1. The molecule has 0 fully saturated rings. The van der Waals surface area contributed by atoms with Crippen LogP contribution in [0.1, 0.15) is 38.3 Å². The molecular formula is C18H21N3O3S. The summed E-state index contributed by atoms with van der Waals surface area (Å²) < 4.78 is 10.5. The molecule has 0 aliphatic carbocycles. The minimum atomic E-state index is -0.389. The van der Waals surface area contributed by atoms with Gasteiger partial charge in [0.1, 0.15) is 11.8 Å². The van der Waals surface area contributed by atoms with Gasteiger partial charge >= 0.3 is 5.97 Å². The third-order valence-corrected chi connectivity index (χ3v) is 3.89. The van der Waals surface area contributed by atoms with Crippen LogP contribution in [0.15, 0.2) is 35.5 Å². The first-order valence-electron chi connectivity index (χ1n) is 8.18. The molecule has 1 aliphatic rings. The van der Waals surface area contributed by atoms with E-state index >= 15 is 0 Å². The minimum Gasteiger partial charge on any atom is -0.479 e. The Morgan fingerprint density at radius 2 is 2.04 bits per heavy atom. The number of rotatable bonds is 7. The zero-order chi connectivity index (χ0) is 18.2. The van der Waals surface area contributed by atoms with Gasteiger partial charge in [0.15, 0.2) is 11.7 Å². The van der Waals surface area contributed by atoms with Crippen LogP contribution in [0.4, 0.5) is 0 Å². The number of hydrogen-bond donors (Lipinski definition) is 2. The predicted octanol–water partition coefficient (Wildman–Crippen LogP) is 2.73. The van der Waals surface area contributed by atoms with E-state index in [1.165, 1.54) is 0 Å². The summed E-state index contributed by atoms with van der Waals surface area (Å²) in [6.45, 7) is 4.12. The van der Waals surface area contributed by atoms with Gasteiger partial charge in [0.25, 0.3) is 0 Å².